The summed E-state index contributed by atoms with van der Waals surface area (Å²) in [7, 11) is 1.88. The molecule has 0 radical (unpaired) electrons. The second-order valence-electron chi connectivity index (χ2n) is 7.14. The number of ether oxygens (including phenoxy) is 1. The molecule has 0 aliphatic rings. The summed E-state index contributed by atoms with van der Waals surface area (Å²) in [6, 6.07) is 9.58. The molecule has 2 N–H and O–H groups in total. The summed E-state index contributed by atoms with van der Waals surface area (Å²) in [4.78, 5) is 10.5. The third-order valence-electron chi connectivity index (χ3n) is 4.98. The summed E-state index contributed by atoms with van der Waals surface area (Å²) >= 11 is 7.91. The highest BCUT2D eigenvalue weighted by atomic mass is 35.5. The third-order valence-corrected chi connectivity index (χ3v) is 5.93. The average Bonchev–Trinajstić information content (AvgIpc) is 3.08. The number of benzene rings is 1. The molecule has 0 saturated carbocycles. The predicted molar refractivity (Wildman–Crippen MR) is 120 cm³/mol. The Morgan fingerprint density at radius 3 is 2.73 bits per heavy atom. The second-order valence-corrected chi connectivity index (χ2v) is 8.41. The molecule has 0 spiro atoms. The van der Waals surface area contributed by atoms with Crippen LogP contribution in [0.4, 0.5) is 0 Å². The van der Waals surface area contributed by atoms with Gasteiger partial charge < -0.3 is 19.5 Å². The highest BCUT2D eigenvalue weighted by Crippen LogP contribution is 2.26. The van der Waals surface area contributed by atoms with Crippen molar-refractivity contribution >= 4 is 34.4 Å². The summed E-state index contributed by atoms with van der Waals surface area (Å²) in [5, 5.41) is 20.5. The van der Waals surface area contributed by atoms with Crippen molar-refractivity contribution in [3.05, 3.63) is 59.1 Å². The Morgan fingerprint density at radius 1 is 1.27 bits per heavy atom. The number of thioether (sulfide) groups is 1. The molecule has 0 saturated heterocycles. The van der Waals surface area contributed by atoms with Crippen LogP contribution in [0, 0.1) is 0 Å². The lowest BCUT2D eigenvalue weighted by Gasteiger charge is -2.30. The standard InChI is InChI=1S/C21H27ClN4O3S/c1-25(17(10-27)18(28)12-30-2)8-16-9-26(20-19(16)23-13-24-21(20)22)14-29-11-15-6-4-3-5-7-15/h3-7,9,13,17-18,27-28H,8,10-12,14H2,1-2H3/t17-,18-/m1/s1. The van der Waals surface area contributed by atoms with Gasteiger partial charge in [0.1, 0.15) is 18.6 Å². The molecule has 0 unspecified atom stereocenters. The fourth-order valence-electron chi connectivity index (χ4n) is 3.44. The number of nitrogens with zero attached hydrogens (tertiary/aromatic N) is 4. The average molecular weight is 451 g/mol. The summed E-state index contributed by atoms with van der Waals surface area (Å²) in [6.07, 6.45) is 4.69. The van der Waals surface area contributed by atoms with Gasteiger partial charge in [-0.15, -0.1) is 0 Å². The Hall–Kier alpha value is -1.68. The van der Waals surface area contributed by atoms with E-state index in [1.54, 1.807) is 11.8 Å². The first kappa shape index (κ1) is 23.0. The lowest BCUT2D eigenvalue weighted by atomic mass is 10.1. The van der Waals surface area contributed by atoms with Gasteiger partial charge in [0.15, 0.2) is 5.15 Å². The van der Waals surface area contributed by atoms with Crippen LogP contribution in [-0.2, 0) is 24.6 Å². The van der Waals surface area contributed by atoms with Gasteiger partial charge >= 0.3 is 0 Å². The maximum Gasteiger partial charge on any atom is 0.156 e. The molecule has 7 nitrogen and oxygen atoms in total. The SMILES string of the molecule is CSC[C@@H](O)[C@@H](CO)N(C)Cc1cn(COCc2ccccc2)c2c(Cl)ncnc12. The molecule has 3 aromatic rings. The van der Waals surface area contributed by atoms with Gasteiger partial charge in [0.05, 0.1) is 30.9 Å². The molecular weight excluding hydrogens is 424 g/mol. The maximum absolute atomic E-state index is 10.3. The van der Waals surface area contributed by atoms with Crippen LogP contribution in [0.2, 0.25) is 5.15 Å². The van der Waals surface area contributed by atoms with Crippen LogP contribution < -0.4 is 0 Å². The van der Waals surface area contributed by atoms with Gasteiger partial charge in [-0.2, -0.15) is 11.8 Å². The monoisotopic (exact) mass is 450 g/mol. The lowest BCUT2D eigenvalue weighted by molar-refractivity contribution is 0.0376. The minimum absolute atomic E-state index is 0.132. The Labute approximate surface area is 185 Å². The molecule has 0 amide bonds. The molecule has 9 heteroatoms. The lowest BCUT2D eigenvalue weighted by Crippen LogP contribution is -2.44. The Kier molecular flexibility index (Phi) is 8.50. The van der Waals surface area contributed by atoms with E-state index in [9.17, 15) is 10.2 Å². The molecule has 0 aliphatic heterocycles. The number of aliphatic hydroxyl groups is 2. The number of hydrogen-bond donors (Lipinski definition) is 2. The van der Waals surface area contributed by atoms with Gasteiger partial charge in [-0.25, -0.2) is 9.97 Å². The van der Waals surface area contributed by atoms with E-state index < -0.39 is 6.10 Å². The molecule has 30 heavy (non-hydrogen) atoms. The number of hydrogen-bond acceptors (Lipinski definition) is 7. The van der Waals surface area contributed by atoms with E-state index in [-0.39, 0.29) is 12.6 Å². The van der Waals surface area contributed by atoms with Crippen LogP contribution in [0.3, 0.4) is 0 Å². The smallest absolute Gasteiger partial charge is 0.156 e. The summed E-state index contributed by atoms with van der Waals surface area (Å²) in [6.45, 7) is 1.15. The fraction of sp³-hybridized carbons (Fsp3) is 0.429. The van der Waals surface area contributed by atoms with Gasteiger partial charge in [0.25, 0.3) is 0 Å². The van der Waals surface area contributed by atoms with Crippen LogP contribution in [0.1, 0.15) is 11.1 Å². The fourth-order valence-corrected chi connectivity index (χ4v) is 4.24. The molecular formula is C21H27ClN4O3S. The third kappa shape index (κ3) is 5.51. The molecule has 0 aliphatic carbocycles. The molecule has 0 bridgehead atoms. The molecule has 2 heterocycles. The molecule has 2 aromatic heterocycles. The molecule has 3 rings (SSSR count). The minimum atomic E-state index is -0.629. The van der Waals surface area contributed by atoms with Crippen molar-refractivity contribution in [3.63, 3.8) is 0 Å². The van der Waals surface area contributed by atoms with Crippen molar-refractivity contribution in [1.29, 1.82) is 0 Å². The Balaban J connectivity index is 1.79. The number of aromatic nitrogens is 3. The van der Waals surface area contributed by atoms with Crippen molar-refractivity contribution in [1.82, 2.24) is 19.4 Å². The van der Waals surface area contributed by atoms with Gasteiger partial charge in [0.2, 0.25) is 0 Å². The maximum atomic E-state index is 10.3. The van der Waals surface area contributed by atoms with Crippen molar-refractivity contribution in [2.75, 3.05) is 25.7 Å². The van der Waals surface area contributed by atoms with Crippen LogP contribution in [0.25, 0.3) is 11.0 Å². The number of halogens is 1. The quantitative estimate of drug-likeness (QED) is 0.434. The van der Waals surface area contributed by atoms with Crippen molar-refractivity contribution in [2.24, 2.45) is 0 Å². The summed E-state index contributed by atoms with van der Waals surface area (Å²) < 4.78 is 7.78. The summed E-state index contributed by atoms with van der Waals surface area (Å²) in [5.41, 5.74) is 3.46. The molecule has 1 aromatic carbocycles. The number of aliphatic hydroxyl groups excluding tert-OH is 2. The van der Waals surface area contributed by atoms with Crippen molar-refractivity contribution in [2.45, 2.75) is 32.0 Å². The number of rotatable bonds is 11. The molecule has 2 atom stereocenters. The van der Waals surface area contributed by atoms with E-state index >= 15 is 0 Å². The van der Waals surface area contributed by atoms with E-state index in [2.05, 4.69) is 9.97 Å². The van der Waals surface area contributed by atoms with Crippen molar-refractivity contribution in [3.8, 4) is 0 Å². The van der Waals surface area contributed by atoms with Crippen LogP contribution in [0.5, 0.6) is 0 Å². The van der Waals surface area contributed by atoms with Gasteiger partial charge in [0, 0.05) is 24.1 Å². The zero-order valence-corrected chi connectivity index (χ0v) is 18.7. The van der Waals surface area contributed by atoms with Crippen molar-refractivity contribution < 1.29 is 14.9 Å². The summed E-state index contributed by atoms with van der Waals surface area (Å²) in [5.74, 6) is 0.554. The van der Waals surface area contributed by atoms with E-state index in [0.29, 0.717) is 36.3 Å². The van der Waals surface area contributed by atoms with E-state index in [1.165, 1.54) is 6.33 Å². The van der Waals surface area contributed by atoms with E-state index in [1.807, 2.05) is 59.3 Å². The normalized spacial score (nSPS) is 13.8. The van der Waals surface area contributed by atoms with Crippen LogP contribution in [-0.4, -0.2) is 67.5 Å². The van der Waals surface area contributed by atoms with Crippen LogP contribution in [0.15, 0.2) is 42.9 Å². The predicted octanol–water partition coefficient (Wildman–Crippen LogP) is 2.78. The first-order chi connectivity index (χ1) is 14.5. The molecule has 0 fully saturated rings. The van der Waals surface area contributed by atoms with Gasteiger partial charge in [-0.05, 0) is 18.9 Å². The Morgan fingerprint density at radius 2 is 2.03 bits per heavy atom. The van der Waals surface area contributed by atoms with Crippen LogP contribution >= 0.6 is 23.4 Å². The zero-order chi connectivity index (χ0) is 21.5. The highest BCUT2D eigenvalue weighted by Gasteiger charge is 2.24. The molecule has 162 valence electrons. The first-order valence-corrected chi connectivity index (χ1v) is 11.4. The van der Waals surface area contributed by atoms with Gasteiger partial charge in [-0.3, -0.25) is 4.90 Å². The van der Waals surface area contributed by atoms with E-state index in [4.69, 9.17) is 16.3 Å². The first-order valence-electron chi connectivity index (χ1n) is 9.63. The Bertz CT molecular complexity index is 941. The topological polar surface area (TPSA) is 83.6 Å². The number of likely N-dealkylation sites (N-methyl/N-ethyl adjacent to an activating group) is 1. The highest BCUT2D eigenvalue weighted by molar-refractivity contribution is 7.98. The minimum Gasteiger partial charge on any atom is -0.395 e. The largest absolute Gasteiger partial charge is 0.395 e. The van der Waals surface area contributed by atoms with E-state index in [0.717, 1.165) is 16.6 Å². The zero-order valence-electron chi connectivity index (χ0n) is 17.1. The number of fused-ring (bicyclic) bond motifs is 1. The van der Waals surface area contributed by atoms with Gasteiger partial charge in [-0.1, -0.05) is 41.9 Å². The second kappa shape index (κ2) is 11.1.